The summed E-state index contributed by atoms with van der Waals surface area (Å²) in [6.45, 7) is 5.16. The van der Waals surface area contributed by atoms with Gasteiger partial charge in [-0.15, -0.1) is 0 Å². The molecule has 4 aromatic carbocycles. The van der Waals surface area contributed by atoms with Crippen LogP contribution < -0.4 is 18.9 Å². The molecule has 2 fully saturated rings. The molecule has 242 valence electrons. The number of fused-ring (bicyclic) bond motifs is 3. The Morgan fingerprint density at radius 1 is 0.574 bits per heavy atom. The van der Waals surface area contributed by atoms with E-state index in [0.29, 0.717) is 37.4 Å². The third kappa shape index (κ3) is 5.97. The molecule has 0 unspecified atom stereocenters. The van der Waals surface area contributed by atoms with Crippen LogP contribution in [0.3, 0.4) is 0 Å². The number of carbonyl (C=O) groups excluding carboxylic acids is 1. The van der Waals surface area contributed by atoms with Crippen molar-refractivity contribution in [3.63, 3.8) is 0 Å². The van der Waals surface area contributed by atoms with Crippen molar-refractivity contribution in [3.8, 4) is 23.0 Å². The van der Waals surface area contributed by atoms with Crippen LogP contribution in [0.2, 0.25) is 0 Å². The van der Waals surface area contributed by atoms with Gasteiger partial charge in [-0.2, -0.15) is 0 Å². The molecule has 2 amide bonds. The Labute approximate surface area is 274 Å². The van der Waals surface area contributed by atoms with E-state index in [1.807, 2.05) is 96.4 Å². The molecule has 9 heteroatoms. The normalized spacial score (nSPS) is 23.9. The largest absolute Gasteiger partial charge is 0.454 e. The van der Waals surface area contributed by atoms with Gasteiger partial charge in [0, 0.05) is 13.1 Å². The minimum atomic E-state index is -0.854. The topological polar surface area (TPSA) is 78.9 Å². The van der Waals surface area contributed by atoms with Gasteiger partial charge in [-0.05, 0) is 73.2 Å². The van der Waals surface area contributed by atoms with Crippen LogP contribution in [0.25, 0.3) is 0 Å². The third-order valence-corrected chi connectivity index (χ3v) is 9.37. The molecule has 47 heavy (non-hydrogen) atoms. The number of carbonyl (C=O) groups is 1. The smallest absolute Gasteiger partial charge is 0.321 e. The second-order valence-corrected chi connectivity index (χ2v) is 13.0. The highest BCUT2D eigenvalue weighted by molar-refractivity contribution is 5.76. The Morgan fingerprint density at radius 3 is 1.45 bits per heavy atom. The molecule has 0 N–H and O–H groups in total. The van der Waals surface area contributed by atoms with Crippen LogP contribution in [0.15, 0.2) is 97.1 Å². The van der Waals surface area contributed by atoms with E-state index in [4.69, 9.17) is 28.4 Å². The second-order valence-electron chi connectivity index (χ2n) is 13.0. The van der Waals surface area contributed by atoms with Crippen LogP contribution in [-0.4, -0.2) is 59.5 Å². The summed E-state index contributed by atoms with van der Waals surface area (Å²) >= 11 is 0. The number of hydrogen-bond acceptors (Lipinski definition) is 7. The Hall–Kier alpha value is -4.73. The minimum Gasteiger partial charge on any atom is -0.454 e. The molecule has 4 atom stereocenters. The van der Waals surface area contributed by atoms with Gasteiger partial charge in [-0.25, -0.2) is 4.79 Å². The SMILES string of the molecule is CC1(C)O[C@@H]2[C@@H](O1)[C@@H](Cc1ccc3c(c1)OCO3)N(Cc1ccccc1)C(=O)N(Cc1ccccc1)[C@@H]2Cc1ccc2c(c1)OCO2. The van der Waals surface area contributed by atoms with Crippen molar-refractivity contribution in [1.29, 1.82) is 0 Å². The number of amides is 2. The molecule has 0 spiro atoms. The summed E-state index contributed by atoms with van der Waals surface area (Å²) in [5.74, 6) is 2.02. The Balaban J connectivity index is 1.24. The Kier molecular flexibility index (Phi) is 7.66. The number of rotatable bonds is 8. The summed E-state index contributed by atoms with van der Waals surface area (Å²) in [6.07, 6.45) is 0.267. The molecule has 0 saturated carbocycles. The lowest BCUT2D eigenvalue weighted by molar-refractivity contribution is -0.157. The molecule has 0 aliphatic carbocycles. The van der Waals surface area contributed by atoms with Gasteiger partial charge in [0.15, 0.2) is 28.8 Å². The maximum Gasteiger partial charge on any atom is 0.321 e. The second kappa shape index (κ2) is 12.1. The first-order chi connectivity index (χ1) is 22.9. The highest BCUT2D eigenvalue weighted by atomic mass is 16.8. The van der Waals surface area contributed by atoms with E-state index in [1.54, 1.807) is 0 Å². The molecule has 9 nitrogen and oxygen atoms in total. The van der Waals surface area contributed by atoms with Crippen LogP contribution in [0.4, 0.5) is 4.79 Å². The summed E-state index contributed by atoms with van der Waals surface area (Å²) in [5, 5.41) is 0. The van der Waals surface area contributed by atoms with Crippen molar-refractivity contribution in [1.82, 2.24) is 9.80 Å². The molecule has 8 rings (SSSR count). The van der Waals surface area contributed by atoms with Crippen molar-refractivity contribution in [2.75, 3.05) is 13.6 Å². The average molecular weight is 635 g/mol. The van der Waals surface area contributed by atoms with Crippen LogP contribution >= 0.6 is 0 Å². The van der Waals surface area contributed by atoms with Gasteiger partial charge in [0.05, 0.1) is 12.1 Å². The van der Waals surface area contributed by atoms with E-state index in [-0.39, 0.29) is 31.7 Å². The van der Waals surface area contributed by atoms with Gasteiger partial charge in [0.1, 0.15) is 12.2 Å². The molecular formula is C38H38N2O7. The van der Waals surface area contributed by atoms with E-state index in [1.165, 1.54) is 0 Å². The lowest BCUT2D eigenvalue weighted by Gasteiger charge is -2.37. The number of ether oxygens (including phenoxy) is 6. The molecular weight excluding hydrogens is 596 g/mol. The first-order valence-electron chi connectivity index (χ1n) is 16.2. The maximum absolute atomic E-state index is 15.2. The molecule has 0 radical (unpaired) electrons. The first kappa shape index (κ1) is 29.7. The van der Waals surface area contributed by atoms with Crippen molar-refractivity contribution in [3.05, 3.63) is 119 Å². The van der Waals surface area contributed by atoms with Crippen LogP contribution in [0.1, 0.15) is 36.1 Å². The molecule has 4 aliphatic rings. The van der Waals surface area contributed by atoms with E-state index in [2.05, 4.69) is 24.3 Å². The summed E-state index contributed by atoms with van der Waals surface area (Å²) in [5.41, 5.74) is 4.14. The molecule has 0 aromatic heterocycles. The predicted octanol–water partition coefficient (Wildman–Crippen LogP) is 6.32. The maximum atomic E-state index is 15.2. The lowest BCUT2D eigenvalue weighted by atomic mass is 9.90. The number of nitrogens with zero attached hydrogens (tertiary/aromatic N) is 2. The zero-order valence-corrected chi connectivity index (χ0v) is 26.5. The summed E-state index contributed by atoms with van der Waals surface area (Å²) in [7, 11) is 0. The molecule has 2 saturated heterocycles. The predicted molar refractivity (Wildman–Crippen MR) is 173 cm³/mol. The quantitative estimate of drug-likeness (QED) is 0.224. The van der Waals surface area contributed by atoms with Crippen LogP contribution in [0, 0.1) is 0 Å². The van der Waals surface area contributed by atoms with Gasteiger partial charge in [-0.3, -0.25) is 0 Å². The monoisotopic (exact) mass is 634 g/mol. The average Bonchev–Trinajstić information content (AvgIpc) is 3.82. The Bertz CT molecular complexity index is 1620. The molecule has 4 heterocycles. The number of benzene rings is 4. The fourth-order valence-electron chi connectivity index (χ4n) is 7.22. The van der Waals surface area contributed by atoms with Gasteiger partial charge in [0.25, 0.3) is 0 Å². The summed E-state index contributed by atoms with van der Waals surface area (Å²) in [6, 6.07) is 31.5. The van der Waals surface area contributed by atoms with E-state index < -0.39 is 18.0 Å². The summed E-state index contributed by atoms with van der Waals surface area (Å²) < 4.78 is 36.3. The van der Waals surface area contributed by atoms with Crippen molar-refractivity contribution in [2.45, 2.75) is 69.9 Å². The van der Waals surface area contributed by atoms with Gasteiger partial charge in [0.2, 0.25) is 13.6 Å². The van der Waals surface area contributed by atoms with E-state index >= 15 is 4.79 Å². The minimum absolute atomic E-state index is 0.0615. The van der Waals surface area contributed by atoms with E-state index in [9.17, 15) is 0 Å². The van der Waals surface area contributed by atoms with Crippen molar-refractivity contribution >= 4 is 6.03 Å². The fourth-order valence-corrected chi connectivity index (χ4v) is 7.22. The van der Waals surface area contributed by atoms with Crippen molar-refractivity contribution in [2.24, 2.45) is 0 Å². The zero-order chi connectivity index (χ0) is 32.0. The fraction of sp³-hybridized carbons (Fsp3) is 0.342. The zero-order valence-electron chi connectivity index (χ0n) is 26.5. The third-order valence-electron chi connectivity index (χ3n) is 9.37. The standard InChI is InChI=1S/C38H38N2O7/c1-38(2)46-35-29(17-27-13-15-31-33(19-27)44-23-42-31)39(21-25-9-5-3-6-10-25)37(41)40(22-26-11-7-4-8-12-26)30(36(35)47-38)18-28-14-16-32-34(20-28)45-24-43-32/h3-16,19-20,29-30,35-36H,17-18,21-24H2,1-2H3/t29-,30-,35+,36+/m1/s1. The van der Waals surface area contributed by atoms with Gasteiger partial charge >= 0.3 is 6.03 Å². The molecule has 4 aromatic rings. The first-order valence-corrected chi connectivity index (χ1v) is 16.2. The van der Waals surface area contributed by atoms with Gasteiger partial charge < -0.3 is 38.2 Å². The molecule has 0 bridgehead atoms. The van der Waals surface area contributed by atoms with E-state index in [0.717, 1.165) is 33.8 Å². The van der Waals surface area contributed by atoms with Crippen molar-refractivity contribution < 1.29 is 33.2 Å². The number of hydrogen-bond donors (Lipinski definition) is 0. The molecule has 4 aliphatic heterocycles. The van der Waals surface area contributed by atoms with Crippen LogP contribution in [-0.2, 0) is 35.4 Å². The highest BCUT2D eigenvalue weighted by Crippen LogP contribution is 2.42. The lowest BCUT2D eigenvalue weighted by Crippen LogP contribution is -2.51. The highest BCUT2D eigenvalue weighted by Gasteiger charge is 2.55. The number of urea groups is 1. The Morgan fingerprint density at radius 2 is 1.00 bits per heavy atom. The van der Waals surface area contributed by atoms with Gasteiger partial charge in [-0.1, -0.05) is 72.8 Å². The van der Waals surface area contributed by atoms with Crippen LogP contribution in [0.5, 0.6) is 23.0 Å². The summed E-state index contributed by atoms with van der Waals surface area (Å²) in [4.78, 5) is 19.2.